The Balaban J connectivity index is 3.51. The third-order valence-corrected chi connectivity index (χ3v) is 13.2. The van der Waals surface area contributed by atoms with Gasteiger partial charge in [-0.3, -0.25) is 9.59 Å². The summed E-state index contributed by atoms with van der Waals surface area (Å²) < 4.78 is 5.44. The van der Waals surface area contributed by atoms with Gasteiger partial charge in [-0.15, -0.1) is 0 Å². The number of aliphatic hydroxyl groups is 2. The van der Waals surface area contributed by atoms with Crippen LogP contribution in [-0.4, -0.2) is 47.4 Å². The molecule has 0 aliphatic carbocycles. The Kier molecular flexibility index (Phi) is 53.1. The van der Waals surface area contributed by atoms with Gasteiger partial charge < -0.3 is 20.3 Å². The predicted molar refractivity (Wildman–Crippen MR) is 283 cm³/mol. The molecule has 0 fully saturated rings. The van der Waals surface area contributed by atoms with Crippen LogP contribution in [0.2, 0.25) is 0 Å². The maximum Gasteiger partial charge on any atom is 0.305 e. The Labute approximate surface area is 404 Å². The number of unbranched alkanes of at least 4 members (excludes halogenated alkanes) is 36. The van der Waals surface area contributed by atoms with Crippen LogP contribution in [0.3, 0.4) is 0 Å². The first-order chi connectivity index (χ1) is 32.0. The quantitative estimate of drug-likeness (QED) is 0.0321. The number of aliphatic hydroxyl groups excluding tert-OH is 2. The Morgan fingerprint density at radius 3 is 1.20 bits per heavy atom. The summed E-state index contributed by atoms with van der Waals surface area (Å²) in [5.41, 5.74) is 0. The average Bonchev–Trinajstić information content (AvgIpc) is 3.31. The van der Waals surface area contributed by atoms with Gasteiger partial charge in [-0.2, -0.15) is 0 Å². The van der Waals surface area contributed by atoms with Crippen molar-refractivity contribution in [3.63, 3.8) is 0 Å². The van der Waals surface area contributed by atoms with E-state index in [2.05, 4.69) is 55.6 Å². The molecule has 0 aliphatic heterocycles. The number of amides is 1. The van der Waals surface area contributed by atoms with E-state index in [4.69, 9.17) is 4.74 Å². The van der Waals surface area contributed by atoms with Crippen molar-refractivity contribution < 1.29 is 24.5 Å². The molecule has 0 radical (unpaired) electrons. The summed E-state index contributed by atoms with van der Waals surface area (Å²) in [5, 5.41) is 23.3. The van der Waals surface area contributed by atoms with Gasteiger partial charge in [0.15, 0.2) is 0 Å². The summed E-state index contributed by atoms with van der Waals surface area (Å²) in [4.78, 5) is 24.5. The first-order valence-corrected chi connectivity index (χ1v) is 28.7. The van der Waals surface area contributed by atoms with Crippen molar-refractivity contribution in [1.29, 1.82) is 0 Å². The van der Waals surface area contributed by atoms with Gasteiger partial charge in [0, 0.05) is 12.8 Å². The highest BCUT2D eigenvalue weighted by molar-refractivity contribution is 5.76. The topological polar surface area (TPSA) is 95.9 Å². The van der Waals surface area contributed by atoms with E-state index in [0.717, 1.165) is 83.5 Å². The Hall–Kier alpha value is -1.92. The first-order valence-electron chi connectivity index (χ1n) is 28.7. The average molecular weight is 915 g/mol. The molecule has 2 atom stereocenters. The van der Waals surface area contributed by atoms with E-state index in [0.29, 0.717) is 25.9 Å². The van der Waals surface area contributed by atoms with Crippen LogP contribution in [0.15, 0.2) is 36.5 Å². The van der Waals surface area contributed by atoms with E-state index in [1.807, 2.05) is 0 Å². The van der Waals surface area contributed by atoms with Crippen molar-refractivity contribution in [1.82, 2.24) is 5.32 Å². The molecular weight excluding hydrogens is 803 g/mol. The van der Waals surface area contributed by atoms with E-state index in [-0.39, 0.29) is 18.5 Å². The Bertz CT molecular complexity index is 1060. The van der Waals surface area contributed by atoms with Crippen molar-refractivity contribution in [3.8, 4) is 0 Å². The predicted octanol–water partition coefficient (Wildman–Crippen LogP) is 17.6. The molecule has 0 aromatic carbocycles. The molecule has 0 saturated heterocycles. The van der Waals surface area contributed by atoms with Crippen LogP contribution < -0.4 is 5.32 Å². The monoisotopic (exact) mass is 914 g/mol. The van der Waals surface area contributed by atoms with Gasteiger partial charge in [0.1, 0.15) is 0 Å². The SMILES string of the molecule is CCCCCC/C=C\CCCCCCCC(=O)OCCCCC/C=C\C/C=C\CCCCCCCCCC(=O)NC(CO)C(O)CCCCCCCCCCCCCCCCCCCC. The molecule has 0 aromatic rings. The van der Waals surface area contributed by atoms with E-state index in [9.17, 15) is 19.8 Å². The van der Waals surface area contributed by atoms with Crippen LogP contribution in [0, 0.1) is 0 Å². The molecule has 3 N–H and O–H groups in total. The van der Waals surface area contributed by atoms with Gasteiger partial charge in [-0.1, -0.05) is 237 Å². The Morgan fingerprint density at radius 2 is 0.769 bits per heavy atom. The summed E-state index contributed by atoms with van der Waals surface area (Å²) in [6.45, 7) is 4.90. The van der Waals surface area contributed by atoms with Gasteiger partial charge in [0.2, 0.25) is 5.91 Å². The van der Waals surface area contributed by atoms with Crippen LogP contribution in [0.1, 0.15) is 303 Å². The molecule has 65 heavy (non-hydrogen) atoms. The largest absolute Gasteiger partial charge is 0.466 e. The number of ether oxygens (including phenoxy) is 1. The van der Waals surface area contributed by atoms with Gasteiger partial charge in [0.25, 0.3) is 0 Å². The summed E-state index contributed by atoms with van der Waals surface area (Å²) in [6.07, 6.45) is 67.0. The van der Waals surface area contributed by atoms with E-state index >= 15 is 0 Å². The minimum atomic E-state index is -0.676. The van der Waals surface area contributed by atoms with Gasteiger partial charge >= 0.3 is 5.97 Å². The number of hydrogen-bond donors (Lipinski definition) is 3. The highest BCUT2D eigenvalue weighted by Gasteiger charge is 2.20. The second-order valence-electron chi connectivity index (χ2n) is 19.6. The standard InChI is InChI=1S/C59H111NO5/c1-3-5-7-9-11-13-15-17-18-19-21-24-28-31-35-39-43-47-51-57(62)56(55-61)60-58(63)52-48-44-40-36-32-29-25-22-20-23-26-30-34-38-42-46-50-54-65-59(64)53-49-45-41-37-33-27-16-14-12-10-8-6-4-2/h14,16,20,23,30,34,56-57,61-62H,3-13,15,17-19,21-22,24-29,31-33,35-55H2,1-2H3,(H,60,63)/b16-14-,23-20-,34-30-. The number of esters is 1. The second kappa shape index (κ2) is 54.7. The highest BCUT2D eigenvalue weighted by Crippen LogP contribution is 2.17. The fourth-order valence-electron chi connectivity index (χ4n) is 8.72. The molecule has 6 heteroatoms. The molecule has 0 spiro atoms. The summed E-state index contributed by atoms with van der Waals surface area (Å²) in [5.74, 6) is -0.0746. The zero-order valence-electron chi connectivity index (χ0n) is 43.5. The van der Waals surface area contributed by atoms with Crippen LogP contribution in [0.4, 0.5) is 0 Å². The zero-order chi connectivity index (χ0) is 47.2. The zero-order valence-corrected chi connectivity index (χ0v) is 43.5. The summed E-state index contributed by atoms with van der Waals surface area (Å²) in [6, 6.07) is -0.554. The molecule has 0 aromatic heterocycles. The number of allylic oxidation sites excluding steroid dienone is 6. The molecule has 0 rings (SSSR count). The first kappa shape index (κ1) is 63.1. The van der Waals surface area contributed by atoms with Crippen LogP contribution >= 0.6 is 0 Å². The van der Waals surface area contributed by atoms with Crippen molar-refractivity contribution in [3.05, 3.63) is 36.5 Å². The van der Waals surface area contributed by atoms with Gasteiger partial charge in [0.05, 0.1) is 25.4 Å². The molecule has 0 bridgehead atoms. The lowest BCUT2D eigenvalue weighted by molar-refractivity contribution is -0.143. The number of nitrogens with one attached hydrogen (secondary N) is 1. The summed E-state index contributed by atoms with van der Waals surface area (Å²) >= 11 is 0. The molecule has 0 saturated carbocycles. The molecule has 2 unspecified atom stereocenters. The minimum Gasteiger partial charge on any atom is -0.466 e. The number of carbonyl (C=O) groups excluding carboxylic acids is 2. The maximum absolute atomic E-state index is 12.5. The fourth-order valence-corrected chi connectivity index (χ4v) is 8.72. The third kappa shape index (κ3) is 51.3. The van der Waals surface area contributed by atoms with Crippen molar-refractivity contribution in [2.75, 3.05) is 13.2 Å². The lowest BCUT2D eigenvalue weighted by Crippen LogP contribution is -2.45. The molecule has 0 heterocycles. The van der Waals surface area contributed by atoms with E-state index < -0.39 is 12.1 Å². The molecular formula is C59H111NO5. The third-order valence-electron chi connectivity index (χ3n) is 13.2. The number of carbonyl (C=O) groups is 2. The fraction of sp³-hybridized carbons (Fsp3) is 0.864. The van der Waals surface area contributed by atoms with Crippen molar-refractivity contribution >= 4 is 11.9 Å². The molecule has 1 amide bonds. The van der Waals surface area contributed by atoms with Crippen molar-refractivity contribution in [2.24, 2.45) is 0 Å². The normalized spacial score (nSPS) is 12.9. The lowest BCUT2D eigenvalue weighted by Gasteiger charge is -2.22. The van der Waals surface area contributed by atoms with E-state index in [1.54, 1.807) is 0 Å². The number of hydrogen-bond acceptors (Lipinski definition) is 5. The maximum atomic E-state index is 12.5. The Morgan fingerprint density at radius 1 is 0.431 bits per heavy atom. The summed E-state index contributed by atoms with van der Waals surface area (Å²) in [7, 11) is 0. The van der Waals surface area contributed by atoms with Crippen LogP contribution in [-0.2, 0) is 14.3 Å². The van der Waals surface area contributed by atoms with Crippen LogP contribution in [0.25, 0.3) is 0 Å². The smallest absolute Gasteiger partial charge is 0.305 e. The van der Waals surface area contributed by atoms with Crippen LogP contribution in [0.5, 0.6) is 0 Å². The second-order valence-corrected chi connectivity index (χ2v) is 19.6. The van der Waals surface area contributed by atoms with Crippen molar-refractivity contribution in [2.45, 2.75) is 315 Å². The lowest BCUT2D eigenvalue weighted by atomic mass is 10.0. The minimum absolute atomic E-state index is 0.0247. The highest BCUT2D eigenvalue weighted by atomic mass is 16.5. The molecule has 6 nitrogen and oxygen atoms in total. The molecule has 0 aliphatic rings. The van der Waals surface area contributed by atoms with Gasteiger partial charge in [-0.25, -0.2) is 0 Å². The number of rotatable bonds is 53. The van der Waals surface area contributed by atoms with E-state index in [1.165, 1.54) is 186 Å². The van der Waals surface area contributed by atoms with Gasteiger partial charge in [-0.05, 0) is 89.9 Å². The molecule has 382 valence electrons.